The Morgan fingerprint density at radius 3 is 3.05 bits per heavy atom. The van der Waals surface area contributed by atoms with Gasteiger partial charge in [-0.05, 0) is 36.4 Å². The van der Waals surface area contributed by atoms with Gasteiger partial charge in [0.2, 0.25) is 5.91 Å². The van der Waals surface area contributed by atoms with E-state index in [0.29, 0.717) is 12.4 Å². The Morgan fingerprint density at radius 2 is 2.32 bits per heavy atom. The fourth-order valence-electron chi connectivity index (χ4n) is 3.13. The number of carbonyl (C=O) groups excluding carboxylic acids is 1. The Hall–Kier alpha value is -1.87. The third-order valence-electron chi connectivity index (χ3n) is 4.17. The minimum atomic E-state index is -0.427. The highest BCUT2D eigenvalue weighted by molar-refractivity contribution is 8.01. The molecule has 0 radical (unpaired) electrons. The van der Waals surface area contributed by atoms with Crippen molar-refractivity contribution in [1.29, 1.82) is 0 Å². The van der Waals surface area contributed by atoms with Gasteiger partial charge < -0.3 is 15.1 Å². The lowest BCUT2D eigenvalue weighted by Gasteiger charge is -2.42. The molecule has 2 saturated heterocycles. The van der Waals surface area contributed by atoms with Crippen molar-refractivity contribution in [3.05, 3.63) is 30.0 Å². The van der Waals surface area contributed by atoms with Crippen molar-refractivity contribution in [1.82, 2.24) is 25.1 Å². The van der Waals surface area contributed by atoms with Crippen LogP contribution in [0.25, 0.3) is 0 Å². The molecular formula is C13H16N6O2S. The molecule has 2 aromatic rings. The molecule has 2 N–H and O–H groups in total. The van der Waals surface area contributed by atoms with Gasteiger partial charge in [0.15, 0.2) is 5.82 Å². The van der Waals surface area contributed by atoms with E-state index in [1.54, 1.807) is 27.6 Å². The van der Waals surface area contributed by atoms with Crippen molar-refractivity contribution >= 4 is 17.7 Å². The Bertz CT molecular complexity index is 712. The summed E-state index contributed by atoms with van der Waals surface area (Å²) < 4.78 is 6.84. The normalized spacial score (nSPS) is 29.5. The van der Waals surface area contributed by atoms with Crippen molar-refractivity contribution in [3.8, 4) is 0 Å². The summed E-state index contributed by atoms with van der Waals surface area (Å²) in [6.45, 7) is 4.62. The largest absolute Gasteiger partial charge is 0.467 e. The van der Waals surface area contributed by atoms with Crippen molar-refractivity contribution in [2.45, 2.75) is 42.6 Å². The number of carbonyl (C=O) groups is 1. The van der Waals surface area contributed by atoms with Crippen LogP contribution in [0.5, 0.6) is 0 Å². The molecule has 0 aromatic carbocycles. The summed E-state index contributed by atoms with van der Waals surface area (Å²) in [6.07, 6.45) is 1.61. The first-order valence-electron chi connectivity index (χ1n) is 7.03. The number of amides is 1. The molecule has 1 amide bonds. The second-order valence-electron chi connectivity index (χ2n) is 6.06. The number of β-lactam (4-membered cyclic amide) rings is 1. The van der Waals surface area contributed by atoms with Crippen molar-refractivity contribution in [2.24, 2.45) is 5.73 Å². The quantitative estimate of drug-likeness (QED) is 0.815. The van der Waals surface area contributed by atoms with Gasteiger partial charge in [-0.2, -0.15) is 0 Å². The predicted molar refractivity (Wildman–Crippen MR) is 78.6 cm³/mol. The summed E-state index contributed by atoms with van der Waals surface area (Å²) in [5.74, 6) is 1.39. The molecule has 116 valence electrons. The number of hydrogen-bond donors (Lipinski definition) is 1. The fraction of sp³-hybridized carbons (Fsp3) is 0.538. The zero-order chi connectivity index (χ0) is 15.5. The smallest absolute Gasteiger partial charge is 0.244 e. The third-order valence-corrected chi connectivity index (χ3v) is 5.76. The Kier molecular flexibility index (Phi) is 2.85. The van der Waals surface area contributed by atoms with Gasteiger partial charge in [-0.25, -0.2) is 4.68 Å². The highest BCUT2D eigenvalue weighted by atomic mass is 32.2. The number of fused-ring (bicyclic) bond motifs is 1. The van der Waals surface area contributed by atoms with E-state index in [1.807, 2.05) is 12.1 Å². The summed E-state index contributed by atoms with van der Waals surface area (Å²) >= 11 is 1.70. The lowest BCUT2D eigenvalue weighted by molar-refractivity contribution is -0.147. The number of aromatic nitrogens is 4. The van der Waals surface area contributed by atoms with Crippen LogP contribution in [0.4, 0.5) is 0 Å². The first-order valence-corrected chi connectivity index (χ1v) is 7.91. The molecule has 2 aliphatic rings. The number of nitrogens with two attached hydrogens (primary N) is 1. The van der Waals surface area contributed by atoms with E-state index < -0.39 is 6.04 Å². The molecule has 2 unspecified atom stereocenters. The molecule has 8 nitrogen and oxygen atoms in total. The van der Waals surface area contributed by atoms with Crippen LogP contribution in [0, 0.1) is 0 Å². The van der Waals surface area contributed by atoms with E-state index in [0.717, 1.165) is 5.76 Å². The van der Waals surface area contributed by atoms with Gasteiger partial charge in [0.25, 0.3) is 0 Å². The average Bonchev–Trinajstić information content (AvgIpc) is 3.18. The van der Waals surface area contributed by atoms with Crippen LogP contribution in [0.1, 0.15) is 31.5 Å². The molecule has 9 heteroatoms. The molecule has 2 aromatic heterocycles. The Balaban J connectivity index is 1.70. The van der Waals surface area contributed by atoms with Gasteiger partial charge in [0.05, 0.1) is 6.26 Å². The minimum absolute atomic E-state index is 0.00117. The lowest BCUT2D eigenvalue weighted by atomic mass is 9.95. The predicted octanol–water partition coefficient (Wildman–Crippen LogP) is 0.376. The van der Waals surface area contributed by atoms with E-state index in [9.17, 15) is 4.79 Å². The molecule has 4 heterocycles. The SMILES string of the molecule is CC1(C)S[C@@H]2C(N)C(=O)N2C1c1nnnn1Cc1ccco1. The molecule has 4 rings (SSSR count). The first-order chi connectivity index (χ1) is 10.5. The fourth-order valence-corrected chi connectivity index (χ4v) is 4.70. The average molecular weight is 320 g/mol. The molecule has 0 saturated carbocycles. The van der Waals surface area contributed by atoms with Crippen LogP contribution in [0.3, 0.4) is 0 Å². The van der Waals surface area contributed by atoms with Crippen LogP contribution in [-0.4, -0.2) is 47.2 Å². The zero-order valence-corrected chi connectivity index (χ0v) is 13.0. The Morgan fingerprint density at radius 1 is 1.50 bits per heavy atom. The van der Waals surface area contributed by atoms with Gasteiger partial charge in [-0.1, -0.05) is 0 Å². The second kappa shape index (κ2) is 4.56. The number of rotatable bonds is 3. The van der Waals surface area contributed by atoms with Crippen LogP contribution in [-0.2, 0) is 11.3 Å². The first kappa shape index (κ1) is 13.8. The van der Waals surface area contributed by atoms with Crippen molar-refractivity contribution < 1.29 is 9.21 Å². The molecule has 2 aliphatic heterocycles. The summed E-state index contributed by atoms with van der Waals surface area (Å²) in [6, 6.07) is 3.07. The summed E-state index contributed by atoms with van der Waals surface area (Å²) in [4.78, 5) is 14.0. The molecule has 0 aliphatic carbocycles. The van der Waals surface area contributed by atoms with E-state index in [1.165, 1.54) is 0 Å². The molecule has 3 atom stereocenters. The number of hydrogen-bond acceptors (Lipinski definition) is 7. The van der Waals surface area contributed by atoms with Gasteiger partial charge in [-0.15, -0.1) is 16.9 Å². The van der Waals surface area contributed by atoms with Crippen molar-refractivity contribution in [2.75, 3.05) is 0 Å². The zero-order valence-electron chi connectivity index (χ0n) is 12.2. The van der Waals surface area contributed by atoms with Crippen LogP contribution in [0.2, 0.25) is 0 Å². The molecule has 0 spiro atoms. The monoisotopic (exact) mass is 320 g/mol. The maximum Gasteiger partial charge on any atom is 0.244 e. The number of furan rings is 1. The molecular weight excluding hydrogens is 304 g/mol. The second-order valence-corrected chi connectivity index (χ2v) is 7.83. The van der Waals surface area contributed by atoms with E-state index >= 15 is 0 Å². The maximum atomic E-state index is 12.2. The summed E-state index contributed by atoms with van der Waals surface area (Å²) in [7, 11) is 0. The molecule has 0 bridgehead atoms. The van der Waals surface area contributed by atoms with Crippen LogP contribution < -0.4 is 5.73 Å². The molecule has 22 heavy (non-hydrogen) atoms. The van der Waals surface area contributed by atoms with E-state index in [2.05, 4.69) is 29.4 Å². The molecule has 2 fully saturated rings. The maximum absolute atomic E-state index is 12.2. The van der Waals surface area contributed by atoms with Crippen molar-refractivity contribution in [3.63, 3.8) is 0 Å². The van der Waals surface area contributed by atoms with Crippen LogP contribution >= 0.6 is 11.8 Å². The lowest BCUT2D eigenvalue weighted by Crippen LogP contribution is -2.65. The number of thioether (sulfide) groups is 1. The highest BCUT2D eigenvalue weighted by Gasteiger charge is 2.62. The third kappa shape index (κ3) is 1.82. The Labute approximate surface area is 131 Å². The van der Waals surface area contributed by atoms with E-state index in [4.69, 9.17) is 10.2 Å². The van der Waals surface area contributed by atoms with Gasteiger partial charge in [0, 0.05) is 4.75 Å². The standard InChI is InChI=1S/C13H16N6O2S/c1-13(2)9(19-11(20)8(14)12(19)22-13)10-15-16-17-18(10)6-7-4-3-5-21-7/h3-5,8-9,12H,6,14H2,1-2H3/t8?,9?,12-/m1/s1. The number of nitrogens with zero attached hydrogens (tertiary/aromatic N) is 5. The highest BCUT2D eigenvalue weighted by Crippen LogP contribution is 2.56. The van der Waals surface area contributed by atoms with E-state index in [-0.39, 0.29) is 22.1 Å². The van der Waals surface area contributed by atoms with Gasteiger partial charge >= 0.3 is 0 Å². The summed E-state index contributed by atoms with van der Waals surface area (Å²) in [5.41, 5.74) is 5.91. The number of tetrazole rings is 1. The topological polar surface area (TPSA) is 103 Å². The summed E-state index contributed by atoms with van der Waals surface area (Å²) in [5, 5.41) is 12.0. The van der Waals surface area contributed by atoms with Gasteiger partial charge in [-0.3, -0.25) is 4.79 Å². The van der Waals surface area contributed by atoms with Gasteiger partial charge in [0.1, 0.15) is 29.8 Å². The van der Waals surface area contributed by atoms with Crippen LogP contribution in [0.15, 0.2) is 22.8 Å². The minimum Gasteiger partial charge on any atom is -0.467 e.